The highest BCUT2D eigenvalue weighted by Gasteiger charge is 2.50. The molecular formula is C32H38N2O12. The minimum absolute atomic E-state index is 0.0331. The van der Waals surface area contributed by atoms with Gasteiger partial charge in [0.1, 0.15) is 41.9 Å². The molecule has 0 unspecified atom stereocenters. The van der Waals surface area contributed by atoms with Crippen molar-refractivity contribution in [1.29, 1.82) is 0 Å². The fourth-order valence-electron chi connectivity index (χ4n) is 6.94. The number of benzene rings is 2. The number of aromatic hydroxyl groups is 2. The lowest BCUT2D eigenvalue weighted by Crippen LogP contribution is -2.59. The molecule has 7 atom stereocenters. The van der Waals surface area contributed by atoms with Crippen LogP contribution in [0.1, 0.15) is 75.3 Å². The molecule has 0 aromatic heterocycles. The summed E-state index contributed by atoms with van der Waals surface area (Å²) >= 11 is 0. The quantitative estimate of drug-likeness (QED) is 0.186. The van der Waals surface area contributed by atoms with Gasteiger partial charge in [0.05, 0.1) is 42.1 Å². The van der Waals surface area contributed by atoms with Gasteiger partial charge in [-0.1, -0.05) is 12.1 Å². The summed E-state index contributed by atoms with van der Waals surface area (Å²) < 4.78 is 29.5. The van der Waals surface area contributed by atoms with Crippen LogP contribution in [0.25, 0.3) is 0 Å². The number of fused-ring (bicyclic) bond motifs is 3. The Balaban J connectivity index is 1.34. The fourth-order valence-corrected chi connectivity index (χ4v) is 6.94. The predicted octanol–water partition coefficient (Wildman–Crippen LogP) is 0.580. The lowest BCUT2D eigenvalue weighted by molar-refractivity contribution is -0.261. The van der Waals surface area contributed by atoms with Crippen LogP contribution in [0.2, 0.25) is 0 Å². The Morgan fingerprint density at radius 2 is 1.72 bits per heavy atom. The number of hydrogen-bond donors (Lipinski definition) is 6. The Kier molecular flexibility index (Phi) is 8.91. The lowest BCUT2D eigenvalue weighted by Gasteiger charge is -2.42. The van der Waals surface area contributed by atoms with Crippen LogP contribution in [-0.4, -0.2) is 108 Å². The maximum absolute atomic E-state index is 13.8. The van der Waals surface area contributed by atoms with E-state index < -0.39 is 89.8 Å². The number of aliphatic hydroxyl groups excluding tert-OH is 1. The molecule has 2 saturated heterocycles. The number of aliphatic hydroxyl groups is 2. The second kappa shape index (κ2) is 12.6. The topological polar surface area (TPSA) is 202 Å². The zero-order valence-corrected chi connectivity index (χ0v) is 25.7. The van der Waals surface area contributed by atoms with Gasteiger partial charge in [0, 0.05) is 56.2 Å². The Bertz CT molecular complexity index is 1560. The van der Waals surface area contributed by atoms with E-state index in [-0.39, 0.29) is 40.3 Å². The summed E-state index contributed by atoms with van der Waals surface area (Å²) in [7, 11) is 2.93. The molecule has 6 N–H and O–H groups in total. The average molecular weight is 643 g/mol. The van der Waals surface area contributed by atoms with Gasteiger partial charge in [-0.2, -0.15) is 0 Å². The molecule has 4 aliphatic rings. The number of piperazine rings is 1. The summed E-state index contributed by atoms with van der Waals surface area (Å²) in [6.07, 6.45) is -3.86. The maximum Gasteiger partial charge on any atom is 0.202 e. The molecule has 0 bridgehead atoms. The number of phenols is 2. The second-order valence-electron chi connectivity index (χ2n) is 12.0. The van der Waals surface area contributed by atoms with Gasteiger partial charge in [-0.15, -0.1) is 0 Å². The van der Waals surface area contributed by atoms with E-state index in [1.54, 1.807) is 7.11 Å². The van der Waals surface area contributed by atoms with Gasteiger partial charge in [-0.25, -0.2) is 0 Å². The number of Topliss-reactive ketones (excluding diaryl/α,β-unsaturated/α-hetero) is 1. The van der Waals surface area contributed by atoms with Crippen LogP contribution in [-0.2, 0) is 30.2 Å². The lowest BCUT2D eigenvalue weighted by atomic mass is 9.72. The molecule has 2 fully saturated rings. The highest BCUT2D eigenvalue weighted by molar-refractivity contribution is 6.31. The monoisotopic (exact) mass is 642 g/mol. The number of nitrogens with one attached hydrogen (secondary N) is 2. The van der Waals surface area contributed by atoms with E-state index >= 15 is 0 Å². The number of hydrogen-bond acceptors (Lipinski definition) is 14. The van der Waals surface area contributed by atoms with Gasteiger partial charge in [0.25, 0.3) is 0 Å². The minimum atomic E-state index is -2.21. The second-order valence-corrected chi connectivity index (χ2v) is 12.0. The molecular weight excluding hydrogens is 604 g/mol. The standard InChI is InChI=1S/C32H38N2O12/c1-14-17(46-31-30(43-3)33-9-10-34-31)7-8-21(44-14)45-19-12-32(41,20(36)13-35)11-16-23(19)29(40)25-24(27(16)38)26(37)15-5-4-6-18(42-2)22(15)28(25)39/h4-6,14,17,19,21,30-31,33-35,38,40-41H,7-13H2,1-3H3/t14-,17-,19-,21-,30+,31+,32-/m0/s1. The van der Waals surface area contributed by atoms with E-state index in [4.69, 9.17) is 23.7 Å². The Morgan fingerprint density at radius 1 is 1.00 bits per heavy atom. The van der Waals surface area contributed by atoms with Crippen LogP contribution in [0, 0.1) is 0 Å². The van der Waals surface area contributed by atoms with Crippen LogP contribution in [0.4, 0.5) is 0 Å². The zero-order chi connectivity index (χ0) is 32.9. The molecule has 14 nitrogen and oxygen atoms in total. The molecule has 0 saturated carbocycles. The highest BCUT2D eigenvalue weighted by Crippen LogP contribution is 2.52. The number of carbonyl (C=O) groups excluding carboxylic acids is 3. The van der Waals surface area contributed by atoms with Gasteiger partial charge in [-0.05, 0) is 19.4 Å². The SMILES string of the molecule is COc1cccc2c1C(=O)c1c(O)c3c(c(O)c1C2=O)C[C@@](O)(C(=O)CO)C[C@@H]3O[C@H]1CC[C@H](O[C@H]2NCCN[C@@H]2OC)[C@H](C)O1. The van der Waals surface area contributed by atoms with Crippen molar-refractivity contribution in [2.45, 2.75) is 75.3 Å². The average Bonchev–Trinajstić information content (AvgIpc) is 3.05. The van der Waals surface area contributed by atoms with E-state index in [1.807, 2.05) is 6.92 Å². The zero-order valence-electron chi connectivity index (χ0n) is 25.7. The fraction of sp³-hybridized carbons (Fsp3) is 0.531. The van der Waals surface area contributed by atoms with Gasteiger partial charge in [0.2, 0.25) is 5.78 Å². The van der Waals surface area contributed by atoms with E-state index in [1.165, 1.54) is 25.3 Å². The molecule has 2 aromatic rings. The molecule has 2 aliphatic carbocycles. The third-order valence-electron chi connectivity index (χ3n) is 9.30. The number of phenolic OH excluding ortho intramolecular Hbond substituents is 2. The molecule has 2 heterocycles. The van der Waals surface area contributed by atoms with Gasteiger partial charge < -0.3 is 44.1 Å². The number of carbonyl (C=O) groups is 3. The maximum atomic E-state index is 13.8. The van der Waals surface area contributed by atoms with E-state index in [0.717, 1.165) is 6.54 Å². The molecule has 46 heavy (non-hydrogen) atoms. The summed E-state index contributed by atoms with van der Waals surface area (Å²) in [6.45, 7) is 2.24. The normalized spacial score (nSPS) is 30.7. The summed E-state index contributed by atoms with van der Waals surface area (Å²) in [5.41, 5.74) is -3.39. The van der Waals surface area contributed by atoms with Crippen LogP contribution in [0.15, 0.2) is 18.2 Å². The van der Waals surface area contributed by atoms with Crippen molar-refractivity contribution in [2.75, 3.05) is 33.9 Å². The number of methoxy groups -OCH3 is 2. The number of ketones is 3. The van der Waals surface area contributed by atoms with Crippen molar-refractivity contribution in [1.82, 2.24) is 10.6 Å². The van der Waals surface area contributed by atoms with E-state index in [0.29, 0.717) is 19.4 Å². The molecule has 248 valence electrons. The van der Waals surface area contributed by atoms with Gasteiger partial charge in [-0.3, -0.25) is 25.0 Å². The minimum Gasteiger partial charge on any atom is -0.507 e. The van der Waals surface area contributed by atoms with Crippen molar-refractivity contribution < 1.29 is 58.5 Å². The first-order valence-electron chi connectivity index (χ1n) is 15.2. The van der Waals surface area contributed by atoms with Crippen molar-refractivity contribution in [3.8, 4) is 17.2 Å². The summed E-state index contributed by atoms with van der Waals surface area (Å²) in [6, 6.07) is 4.43. The first-order valence-corrected chi connectivity index (χ1v) is 15.2. The predicted molar refractivity (Wildman–Crippen MR) is 158 cm³/mol. The first-order chi connectivity index (χ1) is 22.0. The van der Waals surface area contributed by atoms with Crippen molar-refractivity contribution >= 4 is 17.3 Å². The Hall–Kier alpha value is -3.47. The van der Waals surface area contributed by atoms with Gasteiger partial charge in [0.15, 0.2) is 17.9 Å². The molecule has 0 spiro atoms. The molecule has 6 rings (SSSR count). The van der Waals surface area contributed by atoms with Crippen LogP contribution in [0.5, 0.6) is 17.2 Å². The smallest absolute Gasteiger partial charge is 0.202 e. The van der Waals surface area contributed by atoms with E-state index in [9.17, 15) is 34.8 Å². The molecule has 0 radical (unpaired) electrons. The van der Waals surface area contributed by atoms with Crippen LogP contribution >= 0.6 is 0 Å². The third kappa shape index (κ3) is 5.38. The summed E-state index contributed by atoms with van der Waals surface area (Å²) in [4.78, 5) is 40.3. The number of rotatable bonds is 8. The van der Waals surface area contributed by atoms with Crippen LogP contribution < -0.4 is 15.4 Å². The highest BCUT2D eigenvalue weighted by atomic mass is 16.7. The largest absolute Gasteiger partial charge is 0.507 e. The summed E-state index contributed by atoms with van der Waals surface area (Å²) in [5.74, 6) is -3.59. The molecule has 14 heteroatoms. The van der Waals surface area contributed by atoms with Crippen molar-refractivity contribution in [3.05, 3.63) is 51.6 Å². The summed E-state index contributed by atoms with van der Waals surface area (Å²) in [5, 5.41) is 50.8. The van der Waals surface area contributed by atoms with Crippen LogP contribution in [0.3, 0.4) is 0 Å². The molecule has 0 amide bonds. The van der Waals surface area contributed by atoms with Crippen molar-refractivity contribution in [2.24, 2.45) is 0 Å². The van der Waals surface area contributed by atoms with E-state index in [2.05, 4.69) is 10.6 Å². The molecule has 2 aromatic carbocycles. The Labute approximate surface area is 264 Å². The van der Waals surface area contributed by atoms with Gasteiger partial charge >= 0.3 is 0 Å². The Morgan fingerprint density at radius 3 is 2.39 bits per heavy atom. The van der Waals surface area contributed by atoms with Crippen molar-refractivity contribution in [3.63, 3.8) is 0 Å². The number of ether oxygens (including phenoxy) is 5. The first kappa shape index (κ1) is 32.5. The molecule has 2 aliphatic heterocycles. The third-order valence-corrected chi connectivity index (χ3v) is 9.30.